The molecule has 1 aliphatic rings. The first-order valence-electron chi connectivity index (χ1n) is 10.4. The Hall–Kier alpha value is -3.67. The van der Waals surface area contributed by atoms with Crippen LogP contribution in [0.2, 0.25) is 0 Å². The van der Waals surface area contributed by atoms with Gasteiger partial charge in [0.25, 0.3) is 11.8 Å². The highest BCUT2D eigenvalue weighted by atomic mass is 16.3. The molecule has 0 aliphatic carbocycles. The third-order valence-corrected chi connectivity index (χ3v) is 5.50. The number of imide groups is 1. The van der Waals surface area contributed by atoms with Gasteiger partial charge in [-0.15, -0.1) is 0 Å². The Morgan fingerprint density at radius 2 is 1.58 bits per heavy atom. The van der Waals surface area contributed by atoms with Gasteiger partial charge in [-0.2, -0.15) is 0 Å². The van der Waals surface area contributed by atoms with Crippen molar-refractivity contribution in [2.24, 2.45) is 0 Å². The van der Waals surface area contributed by atoms with Crippen molar-refractivity contribution >= 4 is 17.7 Å². The first-order chi connectivity index (χ1) is 15.0. The molecule has 4 rings (SSSR count). The molecular formula is C25H24N2O4. The fourth-order valence-corrected chi connectivity index (χ4v) is 3.85. The number of nitrogens with one attached hydrogen (secondary N) is 1. The number of rotatable bonds is 8. The van der Waals surface area contributed by atoms with E-state index in [1.165, 1.54) is 0 Å². The van der Waals surface area contributed by atoms with Crippen molar-refractivity contribution in [1.82, 2.24) is 10.2 Å². The molecule has 0 fully saturated rings. The number of fused-ring (bicyclic) bond motifs is 1. The normalized spacial score (nSPS) is 14.9. The van der Waals surface area contributed by atoms with Crippen molar-refractivity contribution in [2.45, 2.75) is 38.3 Å². The number of carbonyl (C=O) groups is 3. The number of benzene rings is 2. The third-order valence-electron chi connectivity index (χ3n) is 5.50. The third kappa shape index (κ3) is 4.43. The van der Waals surface area contributed by atoms with E-state index in [4.69, 9.17) is 4.42 Å². The van der Waals surface area contributed by atoms with Gasteiger partial charge in [0, 0.05) is 18.9 Å². The molecule has 0 bridgehead atoms. The lowest BCUT2D eigenvalue weighted by molar-refractivity contribution is -0.125. The molecular weight excluding hydrogens is 392 g/mol. The summed E-state index contributed by atoms with van der Waals surface area (Å²) in [5.41, 5.74) is 1.55. The second-order valence-corrected chi connectivity index (χ2v) is 7.76. The van der Waals surface area contributed by atoms with Crippen LogP contribution in [-0.2, 0) is 17.6 Å². The smallest absolute Gasteiger partial charge is 0.262 e. The van der Waals surface area contributed by atoms with Crippen LogP contribution in [0.5, 0.6) is 0 Å². The van der Waals surface area contributed by atoms with E-state index in [-0.39, 0.29) is 18.4 Å². The number of furan rings is 1. The van der Waals surface area contributed by atoms with E-state index in [1.54, 1.807) is 30.5 Å². The van der Waals surface area contributed by atoms with Crippen LogP contribution in [0.25, 0.3) is 0 Å². The van der Waals surface area contributed by atoms with E-state index in [0.29, 0.717) is 24.0 Å². The molecule has 1 aliphatic heterocycles. The minimum atomic E-state index is -0.930. The Morgan fingerprint density at radius 3 is 2.19 bits per heavy atom. The zero-order chi connectivity index (χ0) is 21.8. The summed E-state index contributed by atoms with van der Waals surface area (Å²) in [5, 5.41) is 2.98. The molecule has 1 N–H and O–H groups in total. The first kappa shape index (κ1) is 20.6. The van der Waals surface area contributed by atoms with Crippen LogP contribution in [0.15, 0.2) is 77.4 Å². The monoisotopic (exact) mass is 416 g/mol. The molecule has 2 aromatic carbocycles. The van der Waals surface area contributed by atoms with Gasteiger partial charge in [0.1, 0.15) is 11.8 Å². The molecule has 1 unspecified atom stereocenters. The highest BCUT2D eigenvalue weighted by molar-refractivity contribution is 6.22. The standard InChI is InChI=1S/C25H24N2O4/c1-17(13-14-19-10-7-15-31-19)26-23(28)22(16-18-8-3-2-4-9-18)27-24(29)20-11-5-6-12-21(20)25(27)30/h2-12,15,17,22H,13-14,16H2,1H3,(H,26,28)/t17?,22-/m0/s1. The lowest BCUT2D eigenvalue weighted by Gasteiger charge is -2.27. The average Bonchev–Trinajstić information content (AvgIpc) is 3.39. The lowest BCUT2D eigenvalue weighted by atomic mass is 10.0. The number of carbonyl (C=O) groups excluding carboxylic acids is 3. The quantitative estimate of drug-likeness (QED) is 0.569. The van der Waals surface area contributed by atoms with Crippen LogP contribution in [0.1, 0.15) is 45.4 Å². The summed E-state index contributed by atoms with van der Waals surface area (Å²) >= 11 is 0. The van der Waals surface area contributed by atoms with Gasteiger partial charge in [-0.25, -0.2) is 0 Å². The number of hydrogen-bond acceptors (Lipinski definition) is 4. The highest BCUT2D eigenvalue weighted by Crippen LogP contribution is 2.26. The first-order valence-corrected chi connectivity index (χ1v) is 10.4. The van der Waals surface area contributed by atoms with Crippen molar-refractivity contribution in [3.63, 3.8) is 0 Å². The van der Waals surface area contributed by atoms with Crippen LogP contribution in [-0.4, -0.2) is 34.7 Å². The zero-order valence-electron chi connectivity index (χ0n) is 17.3. The predicted octanol–water partition coefficient (Wildman–Crippen LogP) is 3.62. The second-order valence-electron chi connectivity index (χ2n) is 7.76. The van der Waals surface area contributed by atoms with Crippen molar-refractivity contribution in [3.05, 3.63) is 95.4 Å². The van der Waals surface area contributed by atoms with Crippen LogP contribution >= 0.6 is 0 Å². The molecule has 6 nitrogen and oxygen atoms in total. The SMILES string of the molecule is CC(CCc1ccco1)NC(=O)[C@H](Cc1ccccc1)N1C(=O)c2ccccc2C1=O. The molecule has 1 aromatic heterocycles. The zero-order valence-corrected chi connectivity index (χ0v) is 17.3. The van der Waals surface area contributed by atoms with Crippen molar-refractivity contribution in [1.29, 1.82) is 0 Å². The van der Waals surface area contributed by atoms with Crippen LogP contribution < -0.4 is 5.32 Å². The molecule has 0 saturated carbocycles. The Morgan fingerprint density at radius 1 is 0.935 bits per heavy atom. The molecule has 0 saturated heterocycles. The Bertz CT molecular complexity index is 1040. The van der Waals surface area contributed by atoms with Crippen LogP contribution in [0, 0.1) is 0 Å². The summed E-state index contributed by atoms with van der Waals surface area (Å²) in [7, 11) is 0. The molecule has 2 heterocycles. The van der Waals surface area contributed by atoms with Gasteiger partial charge in [0.15, 0.2) is 0 Å². The van der Waals surface area contributed by atoms with Gasteiger partial charge in [0.05, 0.1) is 17.4 Å². The van der Waals surface area contributed by atoms with Gasteiger partial charge in [-0.3, -0.25) is 19.3 Å². The molecule has 3 aromatic rings. The number of hydrogen-bond donors (Lipinski definition) is 1. The van der Waals surface area contributed by atoms with E-state index < -0.39 is 17.9 Å². The predicted molar refractivity (Wildman–Crippen MR) is 116 cm³/mol. The Labute approximate surface area is 180 Å². The summed E-state index contributed by atoms with van der Waals surface area (Å²) < 4.78 is 5.35. The number of aryl methyl sites for hydroxylation is 1. The van der Waals surface area contributed by atoms with E-state index in [0.717, 1.165) is 16.2 Å². The summed E-state index contributed by atoms with van der Waals surface area (Å²) in [4.78, 5) is 40.4. The van der Waals surface area contributed by atoms with Gasteiger partial charge < -0.3 is 9.73 Å². The van der Waals surface area contributed by atoms with E-state index in [2.05, 4.69) is 5.32 Å². The van der Waals surface area contributed by atoms with Crippen molar-refractivity contribution in [2.75, 3.05) is 0 Å². The molecule has 0 radical (unpaired) electrons. The van der Waals surface area contributed by atoms with Crippen LogP contribution in [0.3, 0.4) is 0 Å². The fourth-order valence-electron chi connectivity index (χ4n) is 3.85. The molecule has 158 valence electrons. The maximum Gasteiger partial charge on any atom is 0.262 e. The maximum atomic E-state index is 13.3. The molecule has 0 spiro atoms. The molecule has 31 heavy (non-hydrogen) atoms. The number of nitrogens with zero attached hydrogens (tertiary/aromatic N) is 1. The lowest BCUT2D eigenvalue weighted by Crippen LogP contribution is -2.52. The number of amides is 3. The second kappa shape index (κ2) is 9.00. The highest BCUT2D eigenvalue weighted by Gasteiger charge is 2.42. The largest absolute Gasteiger partial charge is 0.469 e. The van der Waals surface area contributed by atoms with Gasteiger partial charge >= 0.3 is 0 Å². The van der Waals surface area contributed by atoms with E-state index in [9.17, 15) is 14.4 Å². The molecule has 3 amide bonds. The molecule has 6 heteroatoms. The topological polar surface area (TPSA) is 79.6 Å². The van der Waals surface area contributed by atoms with Gasteiger partial charge in [0.2, 0.25) is 5.91 Å². The maximum absolute atomic E-state index is 13.3. The summed E-state index contributed by atoms with van der Waals surface area (Å²) in [6.07, 6.45) is 3.24. The Balaban J connectivity index is 1.54. The fraction of sp³-hybridized carbons (Fsp3) is 0.240. The van der Waals surface area contributed by atoms with Gasteiger partial charge in [-0.1, -0.05) is 42.5 Å². The minimum Gasteiger partial charge on any atom is -0.469 e. The Kier molecular flexibility index (Phi) is 5.98. The summed E-state index contributed by atoms with van der Waals surface area (Å²) in [6.45, 7) is 1.91. The average molecular weight is 416 g/mol. The van der Waals surface area contributed by atoms with Gasteiger partial charge in [-0.05, 0) is 43.2 Å². The minimum absolute atomic E-state index is 0.147. The van der Waals surface area contributed by atoms with E-state index >= 15 is 0 Å². The van der Waals surface area contributed by atoms with E-state index in [1.807, 2.05) is 49.4 Å². The summed E-state index contributed by atoms with van der Waals surface area (Å²) in [6, 6.07) is 18.7. The summed E-state index contributed by atoms with van der Waals surface area (Å²) in [5.74, 6) is -0.354. The van der Waals surface area contributed by atoms with Crippen molar-refractivity contribution in [3.8, 4) is 0 Å². The molecule has 2 atom stereocenters. The van der Waals surface area contributed by atoms with Crippen LogP contribution in [0.4, 0.5) is 0 Å². The van der Waals surface area contributed by atoms with Crippen molar-refractivity contribution < 1.29 is 18.8 Å².